The molecule has 30 heavy (non-hydrogen) atoms. The van der Waals surface area contributed by atoms with E-state index in [1.54, 1.807) is 0 Å². The number of amides is 1. The topological polar surface area (TPSA) is 74.6 Å². The van der Waals surface area contributed by atoms with Crippen LogP contribution in [-0.4, -0.2) is 26.8 Å². The molecule has 0 aliphatic heterocycles. The molecule has 11 heteroatoms. The van der Waals surface area contributed by atoms with Crippen LogP contribution in [0, 0.1) is 0 Å². The predicted octanol–water partition coefficient (Wildman–Crippen LogP) is 4.10. The summed E-state index contributed by atoms with van der Waals surface area (Å²) in [7, 11) is 0. The Morgan fingerprint density at radius 2 is 1.83 bits per heavy atom. The number of para-hydroxylation sites is 2. The van der Waals surface area contributed by atoms with E-state index < -0.39 is 17.1 Å². The Morgan fingerprint density at radius 3 is 2.57 bits per heavy atom. The summed E-state index contributed by atoms with van der Waals surface area (Å²) in [6.07, 6.45) is -4.58. The summed E-state index contributed by atoms with van der Waals surface area (Å²) >= 11 is 1.56. The van der Waals surface area contributed by atoms with Crippen molar-refractivity contribution in [2.24, 2.45) is 0 Å². The maximum atomic E-state index is 12.6. The van der Waals surface area contributed by atoms with Gasteiger partial charge >= 0.3 is 11.3 Å². The zero-order chi connectivity index (χ0) is 21.1. The van der Waals surface area contributed by atoms with E-state index in [4.69, 9.17) is 0 Å². The number of anilines is 1. The van der Waals surface area contributed by atoms with Gasteiger partial charge in [-0.15, -0.1) is 10.2 Å². The van der Waals surface area contributed by atoms with Gasteiger partial charge in [-0.05, 0) is 29.5 Å². The van der Waals surface area contributed by atoms with Crippen molar-refractivity contribution in [1.82, 2.24) is 15.2 Å². The van der Waals surface area contributed by atoms with Gasteiger partial charge in [0.05, 0.1) is 5.75 Å². The van der Waals surface area contributed by atoms with Gasteiger partial charge in [-0.3, -0.25) is 10.1 Å². The SMILES string of the molecule is O=C(CSc1[nH]c2ccccc2[n+]1Cc1ccccc1)Nc1nnc(C(F)(F)F)s1. The Bertz CT molecular complexity index is 1170. The van der Waals surface area contributed by atoms with Crippen molar-refractivity contribution in [2.75, 3.05) is 11.1 Å². The summed E-state index contributed by atoms with van der Waals surface area (Å²) in [5, 5.41) is 8.30. The zero-order valence-electron chi connectivity index (χ0n) is 15.3. The van der Waals surface area contributed by atoms with Crippen molar-refractivity contribution in [1.29, 1.82) is 0 Å². The van der Waals surface area contributed by atoms with Crippen LogP contribution < -0.4 is 9.88 Å². The predicted molar refractivity (Wildman–Crippen MR) is 108 cm³/mol. The number of carbonyl (C=O) groups excluding carboxylic acids is 1. The third-order valence-corrected chi connectivity index (χ3v) is 6.00. The van der Waals surface area contributed by atoms with Crippen LogP contribution in [0.5, 0.6) is 0 Å². The summed E-state index contributed by atoms with van der Waals surface area (Å²) in [5.74, 6) is -0.461. The Morgan fingerprint density at radius 1 is 1.10 bits per heavy atom. The van der Waals surface area contributed by atoms with Crippen molar-refractivity contribution in [3.8, 4) is 0 Å². The fourth-order valence-electron chi connectivity index (χ4n) is 2.82. The number of rotatable bonds is 6. The zero-order valence-corrected chi connectivity index (χ0v) is 16.9. The second kappa shape index (κ2) is 8.44. The molecule has 2 aromatic carbocycles. The largest absolute Gasteiger partial charge is 0.445 e. The first-order chi connectivity index (χ1) is 14.4. The lowest BCUT2D eigenvalue weighted by molar-refractivity contribution is -0.700. The highest BCUT2D eigenvalue weighted by Crippen LogP contribution is 2.33. The summed E-state index contributed by atoms with van der Waals surface area (Å²) in [5.41, 5.74) is 3.02. The number of imidazole rings is 1. The molecule has 0 aliphatic rings. The molecule has 2 aromatic heterocycles. The van der Waals surface area contributed by atoms with E-state index in [1.807, 2.05) is 54.6 Å². The number of hydrogen-bond acceptors (Lipinski definition) is 5. The number of alkyl halides is 3. The number of nitrogens with one attached hydrogen (secondary N) is 2. The second-order valence-electron chi connectivity index (χ2n) is 6.27. The molecule has 0 saturated carbocycles. The summed E-state index contributed by atoms with van der Waals surface area (Å²) in [6, 6.07) is 17.7. The summed E-state index contributed by atoms with van der Waals surface area (Å²) in [6.45, 7) is 0.611. The molecule has 1 amide bonds. The molecule has 6 nitrogen and oxygen atoms in total. The van der Waals surface area contributed by atoms with Crippen LogP contribution in [0.1, 0.15) is 10.6 Å². The second-order valence-corrected chi connectivity index (χ2v) is 8.21. The lowest BCUT2D eigenvalue weighted by atomic mass is 10.2. The van der Waals surface area contributed by atoms with Crippen LogP contribution in [0.25, 0.3) is 11.0 Å². The van der Waals surface area contributed by atoms with Crippen LogP contribution in [0.3, 0.4) is 0 Å². The highest BCUT2D eigenvalue weighted by molar-refractivity contribution is 7.99. The smallest absolute Gasteiger partial charge is 0.300 e. The van der Waals surface area contributed by atoms with E-state index in [0.717, 1.165) is 21.8 Å². The fourth-order valence-corrected chi connectivity index (χ4v) is 4.29. The number of fused-ring (bicyclic) bond motifs is 1. The molecule has 0 saturated heterocycles. The molecule has 0 aliphatic carbocycles. The molecule has 4 aromatic rings. The number of halogens is 3. The van der Waals surface area contributed by atoms with Crippen molar-refractivity contribution in [2.45, 2.75) is 17.9 Å². The minimum atomic E-state index is -4.58. The number of H-pyrrole nitrogens is 1. The van der Waals surface area contributed by atoms with Gasteiger partial charge in [0, 0.05) is 0 Å². The van der Waals surface area contributed by atoms with Gasteiger partial charge in [-0.2, -0.15) is 13.2 Å². The standard InChI is InChI=1S/C19H14F3N5OS2/c20-19(21,22)16-25-26-17(30-16)24-15(28)11-29-18-23-13-8-4-5-9-14(13)27(18)10-12-6-2-1-3-7-12/h1-9H,10-11H2,(H,24,26,28)/p+1. The van der Waals surface area contributed by atoms with Crippen molar-refractivity contribution < 1.29 is 22.5 Å². The molecule has 0 bridgehead atoms. The normalized spacial score (nSPS) is 11.7. The highest BCUT2D eigenvalue weighted by atomic mass is 32.2. The third-order valence-electron chi connectivity index (χ3n) is 4.12. The lowest BCUT2D eigenvalue weighted by Crippen LogP contribution is -2.35. The maximum Gasteiger partial charge on any atom is 0.445 e. The number of aromatic nitrogens is 4. The summed E-state index contributed by atoms with van der Waals surface area (Å²) < 4.78 is 39.9. The molecule has 0 unspecified atom stereocenters. The highest BCUT2D eigenvalue weighted by Gasteiger charge is 2.35. The first-order valence-electron chi connectivity index (χ1n) is 8.78. The van der Waals surface area contributed by atoms with Gasteiger partial charge in [0.2, 0.25) is 16.0 Å². The number of hydrogen-bond donors (Lipinski definition) is 2. The minimum absolute atomic E-state index is 0.00252. The molecule has 0 radical (unpaired) electrons. The van der Waals surface area contributed by atoms with E-state index in [1.165, 1.54) is 11.8 Å². The van der Waals surface area contributed by atoms with Gasteiger partial charge in [-0.25, -0.2) is 9.55 Å². The number of carbonyl (C=O) groups is 1. The van der Waals surface area contributed by atoms with Crippen LogP contribution >= 0.6 is 23.1 Å². The van der Waals surface area contributed by atoms with Gasteiger partial charge in [-0.1, -0.05) is 53.8 Å². The Labute approximate surface area is 177 Å². The minimum Gasteiger partial charge on any atom is -0.300 e. The monoisotopic (exact) mass is 450 g/mol. The molecular weight excluding hydrogens is 435 g/mol. The van der Waals surface area contributed by atoms with E-state index in [0.29, 0.717) is 17.9 Å². The lowest BCUT2D eigenvalue weighted by Gasteiger charge is -2.03. The van der Waals surface area contributed by atoms with E-state index in [2.05, 4.69) is 25.1 Å². The van der Waals surface area contributed by atoms with Crippen LogP contribution in [0.4, 0.5) is 18.3 Å². The van der Waals surface area contributed by atoms with Crippen LogP contribution in [0.15, 0.2) is 59.8 Å². The average molecular weight is 450 g/mol. The molecule has 0 spiro atoms. The van der Waals surface area contributed by atoms with Crippen molar-refractivity contribution >= 4 is 45.2 Å². The fraction of sp³-hybridized carbons (Fsp3) is 0.158. The molecule has 2 heterocycles. The van der Waals surface area contributed by atoms with Crippen LogP contribution in [-0.2, 0) is 17.5 Å². The molecule has 0 fully saturated rings. The number of nitrogens with zero attached hydrogens (tertiary/aromatic N) is 3. The molecular formula is C19H15F3N5OS2+. The molecule has 4 rings (SSSR count). The molecule has 2 N–H and O–H groups in total. The number of benzene rings is 2. The number of thioether (sulfide) groups is 1. The van der Waals surface area contributed by atoms with E-state index >= 15 is 0 Å². The Kier molecular flexibility index (Phi) is 5.73. The summed E-state index contributed by atoms with van der Waals surface area (Å²) in [4.78, 5) is 15.5. The first-order valence-corrected chi connectivity index (χ1v) is 10.6. The van der Waals surface area contributed by atoms with E-state index in [-0.39, 0.29) is 10.9 Å². The Hall–Kier alpha value is -2.92. The Balaban J connectivity index is 1.49. The van der Waals surface area contributed by atoms with Gasteiger partial charge in [0.25, 0.3) is 0 Å². The van der Waals surface area contributed by atoms with Gasteiger partial charge in [0.15, 0.2) is 11.0 Å². The quantitative estimate of drug-likeness (QED) is 0.343. The molecule has 154 valence electrons. The van der Waals surface area contributed by atoms with Gasteiger partial charge < -0.3 is 0 Å². The van der Waals surface area contributed by atoms with E-state index in [9.17, 15) is 18.0 Å². The van der Waals surface area contributed by atoms with Crippen LogP contribution in [0.2, 0.25) is 0 Å². The van der Waals surface area contributed by atoms with Crippen molar-refractivity contribution in [3.05, 3.63) is 65.2 Å². The first kappa shape index (κ1) is 20.4. The van der Waals surface area contributed by atoms with Crippen molar-refractivity contribution in [3.63, 3.8) is 0 Å². The molecule has 0 atom stereocenters. The van der Waals surface area contributed by atoms with Gasteiger partial charge in [0.1, 0.15) is 6.54 Å². The number of aromatic amines is 1. The third kappa shape index (κ3) is 4.62. The average Bonchev–Trinajstić information content (AvgIpc) is 3.32. The maximum absolute atomic E-state index is 12.6.